The Balaban J connectivity index is 2.08. The summed E-state index contributed by atoms with van der Waals surface area (Å²) in [6, 6.07) is 10.7. The molecular weight excluding hydrogens is 222 g/mol. The van der Waals surface area contributed by atoms with Crippen LogP contribution in [0.15, 0.2) is 42.7 Å². The zero-order valence-corrected chi connectivity index (χ0v) is 11.1. The Kier molecular flexibility index (Phi) is 4.15. The Labute approximate surface area is 109 Å². The topological polar surface area (TPSA) is 43.8 Å². The second-order valence-electron chi connectivity index (χ2n) is 4.82. The van der Waals surface area contributed by atoms with Gasteiger partial charge < -0.3 is 5.73 Å². The molecule has 1 aromatic heterocycles. The van der Waals surface area contributed by atoms with Gasteiger partial charge in [0, 0.05) is 19.3 Å². The number of aromatic nitrogens is 2. The standard InChI is InChI=1S/C15H21N3/c1-3-14(13-7-5-4-6-8-13)15(16)9-12-10-17-18(2)11-12/h4-8,10-11,14-15H,3,9,16H2,1-2H3. The van der Waals surface area contributed by atoms with Crippen molar-refractivity contribution in [2.75, 3.05) is 0 Å². The van der Waals surface area contributed by atoms with Gasteiger partial charge in [0.15, 0.2) is 0 Å². The van der Waals surface area contributed by atoms with Crippen LogP contribution in [-0.2, 0) is 13.5 Å². The van der Waals surface area contributed by atoms with Crippen LogP contribution in [-0.4, -0.2) is 15.8 Å². The number of nitrogens with zero attached hydrogens (tertiary/aromatic N) is 2. The highest BCUT2D eigenvalue weighted by molar-refractivity contribution is 5.22. The molecule has 1 aromatic carbocycles. The number of hydrogen-bond acceptors (Lipinski definition) is 2. The molecule has 0 aliphatic heterocycles. The van der Waals surface area contributed by atoms with Gasteiger partial charge in [-0.3, -0.25) is 4.68 Å². The smallest absolute Gasteiger partial charge is 0.0522 e. The van der Waals surface area contributed by atoms with E-state index in [0.717, 1.165) is 12.8 Å². The van der Waals surface area contributed by atoms with Crippen molar-refractivity contribution in [1.82, 2.24) is 9.78 Å². The van der Waals surface area contributed by atoms with E-state index in [2.05, 4.69) is 36.3 Å². The monoisotopic (exact) mass is 243 g/mol. The largest absolute Gasteiger partial charge is 0.327 e. The predicted octanol–water partition coefficient (Wildman–Crippen LogP) is 2.48. The summed E-state index contributed by atoms with van der Waals surface area (Å²) in [7, 11) is 1.93. The van der Waals surface area contributed by atoms with Gasteiger partial charge in [-0.1, -0.05) is 37.3 Å². The Hall–Kier alpha value is -1.61. The first kappa shape index (κ1) is 12.8. The summed E-state index contributed by atoms with van der Waals surface area (Å²) in [4.78, 5) is 0. The maximum Gasteiger partial charge on any atom is 0.0522 e. The molecule has 2 atom stereocenters. The average Bonchev–Trinajstić information content (AvgIpc) is 2.77. The van der Waals surface area contributed by atoms with Gasteiger partial charge in [-0.25, -0.2) is 0 Å². The Bertz CT molecular complexity index is 475. The maximum absolute atomic E-state index is 6.36. The molecule has 0 saturated heterocycles. The van der Waals surface area contributed by atoms with Crippen LogP contribution in [0.1, 0.15) is 30.4 Å². The fourth-order valence-corrected chi connectivity index (χ4v) is 2.48. The molecule has 2 N–H and O–H groups in total. The molecule has 96 valence electrons. The molecule has 1 heterocycles. The lowest BCUT2D eigenvalue weighted by Gasteiger charge is -2.22. The summed E-state index contributed by atoms with van der Waals surface area (Å²) < 4.78 is 1.82. The summed E-state index contributed by atoms with van der Waals surface area (Å²) in [6.07, 6.45) is 5.88. The van der Waals surface area contributed by atoms with Crippen molar-refractivity contribution in [3.63, 3.8) is 0 Å². The molecular formula is C15H21N3. The van der Waals surface area contributed by atoms with Gasteiger partial charge in [0.25, 0.3) is 0 Å². The number of rotatable bonds is 5. The first-order valence-electron chi connectivity index (χ1n) is 6.48. The molecule has 0 aliphatic carbocycles. The third-order valence-corrected chi connectivity index (χ3v) is 3.41. The van der Waals surface area contributed by atoms with Crippen LogP contribution in [0.2, 0.25) is 0 Å². The van der Waals surface area contributed by atoms with E-state index in [-0.39, 0.29) is 6.04 Å². The fourth-order valence-electron chi connectivity index (χ4n) is 2.48. The van der Waals surface area contributed by atoms with Crippen molar-refractivity contribution in [3.8, 4) is 0 Å². The minimum atomic E-state index is 0.140. The normalized spacial score (nSPS) is 14.4. The van der Waals surface area contributed by atoms with Gasteiger partial charge in [0.05, 0.1) is 6.20 Å². The minimum Gasteiger partial charge on any atom is -0.327 e. The highest BCUT2D eigenvalue weighted by atomic mass is 15.2. The Morgan fingerprint density at radius 3 is 2.56 bits per heavy atom. The average molecular weight is 243 g/mol. The number of aryl methyl sites for hydroxylation is 1. The van der Waals surface area contributed by atoms with Crippen molar-refractivity contribution in [2.45, 2.75) is 31.7 Å². The second kappa shape index (κ2) is 5.83. The molecule has 3 heteroatoms. The third-order valence-electron chi connectivity index (χ3n) is 3.41. The van der Waals surface area contributed by atoms with Crippen molar-refractivity contribution >= 4 is 0 Å². The Morgan fingerprint density at radius 2 is 2.00 bits per heavy atom. The van der Waals surface area contributed by atoms with Gasteiger partial charge in [0.2, 0.25) is 0 Å². The van der Waals surface area contributed by atoms with Gasteiger partial charge in [-0.2, -0.15) is 5.10 Å². The van der Waals surface area contributed by atoms with Crippen molar-refractivity contribution in [2.24, 2.45) is 12.8 Å². The fraction of sp³-hybridized carbons (Fsp3) is 0.400. The molecule has 2 unspecified atom stereocenters. The molecule has 0 spiro atoms. The zero-order chi connectivity index (χ0) is 13.0. The quantitative estimate of drug-likeness (QED) is 0.876. The molecule has 2 aromatic rings. The number of nitrogens with two attached hydrogens (primary N) is 1. The van der Waals surface area contributed by atoms with Crippen LogP contribution >= 0.6 is 0 Å². The number of benzene rings is 1. The van der Waals surface area contributed by atoms with Gasteiger partial charge >= 0.3 is 0 Å². The first-order chi connectivity index (χ1) is 8.70. The minimum absolute atomic E-state index is 0.140. The van der Waals surface area contributed by atoms with Crippen LogP contribution in [0.3, 0.4) is 0 Å². The van der Waals surface area contributed by atoms with Crippen LogP contribution in [0.5, 0.6) is 0 Å². The molecule has 0 fully saturated rings. The van der Waals surface area contributed by atoms with E-state index < -0.39 is 0 Å². The summed E-state index contributed by atoms with van der Waals surface area (Å²) >= 11 is 0. The van der Waals surface area contributed by atoms with Gasteiger partial charge in [-0.05, 0) is 29.9 Å². The van der Waals surface area contributed by atoms with Crippen LogP contribution in [0.4, 0.5) is 0 Å². The summed E-state index contributed by atoms with van der Waals surface area (Å²) in [5, 5.41) is 4.19. The van der Waals surface area contributed by atoms with E-state index in [1.54, 1.807) is 0 Å². The molecule has 2 rings (SSSR count). The van der Waals surface area contributed by atoms with E-state index in [1.165, 1.54) is 11.1 Å². The lowest BCUT2D eigenvalue weighted by molar-refractivity contribution is 0.515. The number of hydrogen-bond donors (Lipinski definition) is 1. The first-order valence-corrected chi connectivity index (χ1v) is 6.48. The molecule has 18 heavy (non-hydrogen) atoms. The van der Waals surface area contributed by atoms with Crippen LogP contribution in [0.25, 0.3) is 0 Å². The maximum atomic E-state index is 6.36. The highest BCUT2D eigenvalue weighted by Gasteiger charge is 2.18. The molecule has 3 nitrogen and oxygen atoms in total. The predicted molar refractivity (Wildman–Crippen MR) is 74.4 cm³/mol. The summed E-state index contributed by atoms with van der Waals surface area (Å²) in [6.45, 7) is 2.20. The van der Waals surface area contributed by atoms with Crippen molar-refractivity contribution in [3.05, 3.63) is 53.9 Å². The summed E-state index contributed by atoms with van der Waals surface area (Å²) in [5.41, 5.74) is 8.90. The van der Waals surface area contributed by atoms with Crippen LogP contribution < -0.4 is 5.73 Å². The van der Waals surface area contributed by atoms with E-state index in [0.29, 0.717) is 5.92 Å². The van der Waals surface area contributed by atoms with E-state index in [9.17, 15) is 0 Å². The molecule has 0 radical (unpaired) electrons. The lowest BCUT2D eigenvalue weighted by Crippen LogP contribution is -2.30. The molecule has 0 bridgehead atoms. The van der Waals surface area contributed by atoms with E-state index in [1.807, 2.05) is 30.2 Å². The zero-order valence-electron chi connectivity index (χ0n) is 11.1. The van der Waals surface area contributed by atoms with Crippen molar-refractivity contribution in [1.29, 1.82) is 0 Å². The van der Waals surface area contributed by atoms with E-state index >= 15 is 0 Å². The highest BCUT2D eigenvalue weighted by Crippen LogP contribution is 2.24. The molecule has 0 aliphatic rings. The third kappa shape index (κ3) is 2.99. The van der Waals surface area contributed by atoms with Crippen LogP contribution in [0, 0.1) is 0 Å². The summed E-state index contributed by atoms with van der Waals surface area (Å²) in [5.74, 6) is 0.409. The SMILES string of the molecule is CCC(c1ccccc1)C(N)Cc1cnn(C)c1. The second-order valence-corrected chi connectivity index (χ2v) is 4.82. The van der Waals surface area contributed by atoms with Gasteiger partial charge in [0.1, 0.15) is 0 Å². The van der Waals surface area contributed by atoms with Crippen molar-refractivity contribution < 1.29 is 0 Å². The molecule has 0 saturated carbocycles. The Morgan fingerprint density at radius 1 is 1.28 bits per heavy atom. The molecule has 0 amide bonds. The van der Waals surface area contributed by atoms with E-state index in [4.69, 9.17) is 5.73 Å². The van der Waals surface area contributed by atoms with Gasteiger partial charge in [-0.15, -0.1) is 0 Å². The lowest BCUT2D eigenvalue weighted by atomic mass is 9.87.